The molecule has 0 unspecified atom stereocenters. The fraction of sp³-hybridized carbons (Fsp3) is 0.857. The molecule has 0 bridgehead atoms. The van der Waals surface area contributed by atoms with E-state index in [4.69, 9.17) is 0 Å². The van der Waals surface area contributed by atoms with Crippen molar-refractivity contribution < 1.29 is 14.7 Å². The molecule has 5 nitrogen and oxygen atoms in total. The van der Waals surface area contributed by atoms with Gasteiger partial charge in [-0.1, -0.05) is 12.8 Å². The molecule has 0 aliphatic heterocycles. The molecule has 0 radical (unpaired) electrons. The Morgan fingerprint density at radius 1 is 1.05 bits per heavy atom. The quantitative estimate of drug-likeness (QED) is 0.664. The van der Waals surface area contributed by atoms with Crippen molar-refractivity contribution in [2.45, 2.75) is 57.0 Å². The summed E-state index contributed by atoms with van der Waals surface area (Å²) >= 11 is 0. The van der Waals surface area contributed by atoms with Crippen LogP contribution in [0.4, 0.5) is 0 Å². The predicted octanol–water partition coefficient (Wildman–Crippen LogP) is 0.714. The highest BCUT2D eigenvalue weighted by Gasteiger charge is 2.34. The minimum absolute atomic E-state index is 0.0155. The van der Waals surface area contributed by atoms with E-state index in [0.717, 1.165) is 32.1 Å². The number of carbonyl (C=O) groups is 2. The summed E-state index contributed by atoms with van der Waals surface area (Å²) in [6.07, 6.45) is 7.76. The number of rotatable bonds is 6. The number of aliphatic hydroxyl groups is 1. The van der Waals surface area contributed by atoms with Crippen molar-refractivity contribution in [3.05, 3.63) is 0 Å². The molecule has 19 heavy (non-hydrogen) atoms. The molecule has 0 spiro atoms. The highest BCUT2D eigenvalue weighted by Crippen LogP contribution is 2.30. The number of hydrogen-bond donors (Lipinski definition) is 3. The minimum atomic E-state index is -0.705. The topological polar surface area (TPSA) is 78.4 Å². The molecular weight excluding hydrogens is 244 g/mol. The minimum Gasteiger partial charge on any atom is -0.388 e. The van der Waals surface area contributed by atoms with E-state index in [1.54, 1.807) is 0 Å². The van der Waals surface area contributed by atoms with Crippen LogP contribution in [0.25, 0.3) is 0 Å². The van der Waals surface area contributed by atoms with Gasteiger partial charge in [-0.15, -0.1) is 0 Å². The molecule has 5 heteroatoms. The van der Waals surface area contributed by atoms with Crippen LogP contribution in [0.1, 0.15) is 51.4 Å². The van der Waals surface area contributed by atoms with Gasteiger partial charge in [-0.2, -0.15) is 0 Å². The van der Waals surface area contributed by atoms with E-state index in [1.165, 1.54) is 12.8 Å². The summed E-state index contributed by atoms with van der Waals surface area (Å²) in [7, 11) is 0. The third-order valence-electron chi connectivity index (χ3n) is 4.29. The second-order valence-electron chi connectivity index (χ2n) is 5.99. The molecule has 0 saturated heterocycles. The van der Waals surface area contributed by atoms with Crippen molar-refractivity contribution in [1.82, 2.24) is 10.6 Å². The Hall–Kier alpha value is -1.10. The van der Waals surface area contributed by atoms with Gasteiger partial charge in [-0.05, 0) is 38.0 Å². The zero-order valence-corrected chi connectivity index (χ0v) is 11.4. The van der Waals surface area contributed by atoms with E-state index in [1.807, 2.05) is 0 Å². The highest BCUT2D eigenvalue weighted by molar-refractivity contribution is 5.84. The Bertz CT molecular complexity index is 334. The maximum atomic E-state index is 11.6. The Morgan fingerprint density at radius 2 is 1.74 bits per heavy atom. The van der Waals surface area contributed by atoms with Gasteiger partial charge >= 0.3 is 0 Å². The lowest BCUT2D eigenvalue weighted by atomic mass is 9.80. The van der Waals surface area contributed by atoms with Crippen LogP contribution in [0, 0.1) is 5.92 Å². The molecule has 2 aliphatic carbocycles. The Kier molecular flexibility index (Phi) is 4.80. The summed E-state index contributed by atoms with van der Waals surface area (Å²) in [4.78, 5) is 23.2. The largest absolute Gasteiger partial charge is 0.388 e. The van der Waals surface area contributed by atoms with E-state index < -0.39 is 5.60 Å². The molecule has 2 fully saturated rings. The van der Waals surface area contributed by atoms with Crippen molar-refractivity contribution >= 4 is 11.8 Å². The first-order chi connectivity index (χ1) is 9.07. The summed E-state index contributed by atoms with van der Waals surface area (Å²) in [5.41, 5.74) is -0.705. The van der Waals surface area contributed by atoms with Crippen molar-refractivity contribution in [1.29, 1.82) is 0 Å². The van der Waals surface area contributed by atoms with Crippen LogP contribution in [0.2, 0.25) is 0 Å². The van der Waals surface area contributed by atoms with Crippen molar-refractivity contribution in [3.8, 4) is 0 Å². The van der Waals surface area contributed by atoms with Crippen LogP contribution in [-0.2, 0) is 9.59 Å². The Morgan fingerprint density at radius 3 is 2.32 bits per heavy atom. The molecule has 2 rings (SSSR count). The zero-order chi connectivity index (χ0) is 13.7. The molecule has 2 aliphatic rings. The predicted molar refractivity (Wildman–Crippen MR) is 71.4 cm³/mol. The van der Waals surface area contributed by atoms with Crippen molar-refractivity contribution in [2.24, 2.45) is 5.92 Å². The standard InChI is InChI=1S/C14H24N2O3/c17-12(8-11-4-1-2-5-11)15-9-13(18)16-10-14(19)6-3-7-14/h11,19H,1-10H2,(H,15,17)(H,16,18). The SMILES string of the molecule is O=C(CNC(=O)CC1CCCC1)NCC1(O)CCC1. The van der Waals surface area contributed by atoms with E-state index in [-0.39, 0.29) is 18.4 Å². The Labute approximate surface area is 114 Å². The average Bonchev–Trinajstić information content (AvgIpc) is 2.84. The lowest BCUT2D eigenvalue weighted by Crippen LogP contribution is -2.49. The molecule has 108 valence electrons. The zero-order valence-electron chi connectivity index (χ0n) is 11.4. The molecular formula is C14H24N2O3. The molecule has 0 heterocycles. The molecule has 2 saturated carbocycles. The fourth-order valence-corrected chi connectivity index (χ4v) is 2.81. The van der Waals surface area contributed by atoms with Crippen LogP contribution in [0.15, 0.2) is 0 Å². The van der Waals surface area contributed by atoms with Gasteiger partial charge in [-0.3, -0.25) is 9.59 Å². The molecule has 0 atom stereocenters. The number of nitrogens with one attached hydrogen (secondary N) is 2. The van der Waals surface area contributed by atoms with Gasteiger partial charge in [0.15, 0.2) is 0 Å². The van der Waals surface area contributed by atoms with Crippen LogP contribution >= 0.6 is 0 Å². The fourth-order valence-electron chi connectivity index (χ4n) is 2.81. The van der Waals surface area contributed by atoms with Gasteiger partial charge < -0.3 is 15.7 Å². The highest BCUT2D eigenvalue weighted by atomic mass is 16.3. The second kappa shape index (κ2) is 6.37. The van der Waals surface area contributed by atoms with E-state index in [0.29, 0.717) is 18.9 Å². The summed E-state index contributed by atoms with van der Waals surface area (Å²) < 4.78 is 0. The van der Waals surface area contributed by atoms with Gasteiger partial charge in [0.05, 0.1) is 12.1 Å². The van der Waals surface area contributed by atoms with Crippen molar-refractivity contribution in [3.63, 3.8) is 0 Å². The van der Waals surface area contributed by atoms with Gasteiger partial charge in [0, 0.05) is 13.0 Å². The third kappa shape index (κ3) is 4.49. The van der Waals surface area contributed by atoms with Gasteiger partial charge in [0.25, 0.3) is 0 Å². The average molecular weight is 268 g/mol. The molecule has 0 aromatic rings. The van der Waals surface area contributed by atoms with E-state index in [2.05, 4.69) is 10.6 Å². The van der Waals surface area contributed by atoms with Crippen LogP contribution in [0.5, 0.6) is 0 Å². The third-order valence-corrected chi connectivity index (χ3v) is 4.29. The number of carbonyl (C=O) groups excluding carboxylic acids is 2. The molecule has 0 aromatic heterocycles. The van der Waals surface area contributed by atoms with Crippen molar-refractivity contribution in [2.75, 3.05) is 13.1 Å². The smallest absolute Gasteiger partial charge is 0.239 e. The van der Waals surface area contributed by atoms with Gasteiger partial charge in [0.2, 0.25) is 11.8 Å². The van der Waals surface area contributed by atoms with Crippen LogP contribution < -0.4 is 10.6 Å². The molecule has 3 N–H and O–H groups in total. The molecule has 0 aromatic carbocycles. The van der Waals surface area contributed by atoms with E-state index in [9.17, 15) is 14.7 Å². The number of amides is 2. The summed E-state index contributed by atoms with van der Waals surface area (Å²) in [6.45, 7) is 0.311. The summed E-state index contributed by atoms with van der Waals surface area (Å²) in [5, 5.41) is 15.1. The summed E-state index contributed by atoms with van der Waals surface area (Å²) in [5.74, 6) is 0.239. The maximum absolute atomic E-state index is 11.6. The van der Waals surface area contributed by atoms with Crippen LogP contribution in [-0.4, -0.2) is 35.6 Å². The number of hydrogen-bond acceptors (Lipinski definition) is 3. The first kappa shape index (κ1) is 14.3. The van der Waals surface area contributed by atoms with Gasteiger partial charge in [0.1, 0.15) is 0 Å². The Balaban J connectivity index is 1.56. The normalized spacial score (nSPS) is 21.7. The lowest BCUT2D eigenvalue weighted by molar-refractivity contribution is -0.127. The van der Waals surface area contributed by atoms with E-state index >= 15 is 0 Å². The first-order valence-electron chi connectivity index (χ1n) is 7.33. The molecule has 2 amide bonds. The lowest BCUT2D eigenvalue weighted by Gasteiger charge is -2.36. The second-order valence-corrected chi connectivity index (χ2v) is 5.99. The first-order valence-corrected chi connectivity index (χ1v) is 7.33. The monoisotopic (exact) mass is 268 g/mol. The maximum Gasteiger partial charge on any atom is 0.239 e. The van der Waals surface area contributed by atoms with Gasteiger partial charge in [-0.25, -0.2) is 0 Å². The van der Waals surface area contributed by atoms with Crippen LogP contribution in [0.3, 0.4) is 0 Å². The summed E-state index contributed by atoms with van der Waals surface area (Å²) in [6, 6.07) is 0.